The van der Waals surface area contributed by atoms with Crippen LogP contribution in [0.15, 0.2) is 30.3 Å². The summed E-state index contributed by atoms with van der Waals surface area (Å²) in [5, 5.41) is 0. The van der Waals surface area contributed by atoms with E-state index in [2.05, 4.69) is 40.0 Å². The minimum absolute atomic E-state index is 0. The number of primary amides is 1. The molecule has 4 heteroatoms. The molecule has 0 saturated heterocycles. The van der Waals surface area contributed by atoms with Crippen molar-refractivity contribution in [3.8, 4) is 0 Å². The fraction of sp³-hybridized carbons (Fsp3) is 0.720. The number of carbonyl (C=O) groups excluding carboxylic acids is 1. The van der Waals surface area contributed by atoms with Crippen molar-refractivity contribution in [3.63, 3.8) is 0 Å². The van der Waals surface area contributed by atoms with E-state index in [1.807, 2.05) is 18.2 Å². The molecule has 0 aromatic heterocycles. The molecule has 1 amide bonds. The van der Waals surface area contributed by atoms with Crippen molar-refractivity contribution < 1.29 is 21.7 Å². The molecule has 1 unspecified atom stereocenters. The molecule has 0 aliphatic rings. The van der Waals surface area contributed by atoms with Crippen LogP contribution in [0.3, 0.4) is 0 Å². The van der Waals surface area contributed by atoms with Gasteiger partial charge < -0.3 is 22.6 Å². The van der Waals surface area contributed by atoms with Crippen molar-refractivity contribution >= 4 is 5.91 Å². The van der Waals surface area contributed by atoms with Gasteiger partial charge in [0.2, 0.25) is 5.54 Å². The first-order valence-corrected chi connectivity index (χ1v) is 11.7. The van der Waals surface area contributed by atoms with Gasteiger partial charge in [-0.2, -0.15) is 0 Å². The van der Waals surface area contributed by atoms with E-state index in [1.54, 1.807) is 0 Å². The van der Waals surface area contributed by atoms with Crippen LogP contribution in [0.25, 0.3) is 0 Å². The summed E-state index contributed by atoms with van der Waals surface area (Å²) >= 11 is 0. The molecule has 0 heterocycles. The number of nitrogens with two attached hydrogens (primary N) is 1. The van der Waals surface area contributed by atoms with Gasteiger partial charge in [-0.1, -0.05) is 95.0 Å². The van der Waals surface area contributed by atoms with Crippen LogP contribution < -0.4 is 18.1 Å². The Balaban J connectivity index is 0.00000784. The lowest BCUT2D eigenvalue weighted by Crippen LogP contribution is -3.00. The van der Waals surface area contributed by atoms with Gasteiger partial charge >= 0.3 is 0 Å². The maximum Gasteiger partial charge on any atom is 0.283 e. The number of halogens is 1. The first-order chi connectivity index (χ1) is 13.5. The average Bonchev–Trinajstić information content (AvgIpc) is 2.72. The summed E-state index contributed by atoms with van der Waals surface area (Å²) in [6.07, 6.45) is 13.8. The van der Waals surface area contributed by atoms with Crippen LogP contribution in [0, 0.1) is 0 Å². The second kappa shape index (κ2) is 14.8. The number of rotatable bonds is 16. The zero-order chi connectivity index (χ0) is 20.9. The third-order valence-corrected chi connectivity index (χ3v) is 6.87. The van der Waals surface area contributed by atoms with Crippen molar-refractivity contribution in [1.82, 2.24) is 0 Å². The zero-order valence-corrected chi connectivity index (χ0v) is 20.1. The van der Waals surface area contributed by atoms with Crippen molar-refractivity contribution in [2.24, 2.45) is 5.73 Å². The van der Waals surface area contributed by atoms with Crippen LogP contribution in [0.4, 0.5) is 0 Å². The van der Waals surface area contributed by atoms with Gasteiger partial charge in [-0.25, -0.2) is 0 Å². The average molecular weight is 425 g/mol. The summed E-state index contributed by atoms with van der Waals surface area (Å²) in [7, 11) is 2.19. The van der Waals surface area contributed by atoms with Gasteiger partial charge in [0.05, 0.1) is 20.1 Å². The summed E-state index contributed by atoms with van der Waals surface area (Å²) in [6.45, 7) is 8.39. The molecule has 1 aromatic carbocycles. The molecule has 0 fully saturated rings. The molecule has 0 radical (unpaired) electrons. The predicted octanol–water partition coefficient (Wildman–Crippen LogP) is 3.17. The zero-order valence-electron chi connectivity index (χ0n) is 19.4. The Bertz CT molecular complexity index is 545. The van der Waals surface area contributed by atoms with Crippen molar-refractivity contribution in [2.45, 2.75) is 96.9 Å². The Labute approximate surface area is 186 Å². The van der Waals surface area contributed by atoms with Crippen molar-refractivity contribution in [3.05, 3.63) is 35.9 Å². The Hall–Kier alpha value is -1.06. The monoisotopic (exact) mass is 424 g/mol. The fourth-order valence-corrected chi connectivity index (χ4v) is 4.60. The SMILES string of the molecule is CCCCCCCCCCCCC(C(N)=O)(c1ccccc1)[N+](C)(CC)CC.[Cl-]. The normalized spacial score (nSPS) is 13.5. The van der Waals surface area contributed by atoms with Crippen LogP contribution in [-0.4, -0.2) is 30.5 Å². The molecule has 0 saturated carbocycles. The minimum atomic E-state index is -0.634. The molecule has 1 aromatic rings. The Morgan fingerprint density at radius 3 is 1.69 bits per heavy atom. The third-order valence-electron chi connectivity index (χ3n) is 6.87. The van der Waals surface area contributed by atoms with E-state index in [-0.39, 0.29) is 18.3 Å². The first-order valence-electron chi connectivity index (χ1n) is 11.7. The molecule has 168 valence electrons. The van der Waals surface area contributed by atoms with Gasteiger partial charge in [-0.15, -0.1) is 0 Å². The first kappa shape index (κ1) is 27.9. The van der Waals surface area contributed by atoms with Crippen LogP contribution in [0.5, 0.6) is 0 Å². The molecule has 2 N–H and O–H groups in total. The van der Waals surface area contributed by atoms with E-state index in [0.29, 0.717) is 4.48 Å². The van der Waals surface area contributed by atoms with E-state index >= 15 is 0 Å². The van der Waals surface area contributed by atoms with E-state index in [4.69, 9.17) is 5.73 Å². The molecule has 29 heavy (non-hydrogen) atoms. The number of amides is 1. The van der Waals surface area contributed by atoms with Gasteiger partial charge in [0.15, 0.2) is 0 Å². The number of likely N-dealkylation sites (N-methyl/N-ethyl adjacent to an activating group) is 1. The largest absolute Gasteiger partial charge is 1.00 e. The number of quaternary nitrogens is 1. The quantitative estimate of drug-likeness (QED) is 0.321. The molecule has 0 aliphatic carbocycles. The second-order valence-electron chi connectivity index (χ2n) is 8.55. The molecule has 1 rings (SSSR count). The van der Waals surface area contributed by atoms with Gasteiger partial charge in [-0.05, 0) is 20.3 Å². The maximum absolute atomic E-state index is 12.9. The van der Waals surface area contributed by atoms with E-state index in [1.165, 1.54) is 57.8 Å². The second-order valence-corrected chi connectivity index (χ2v) is 8.55. The smallest absolute Gasteiger partial charge is 0.283 e. The van der Waals surface area contributed by atoms with Crippen LogP contribution in [-0.2, 0) is 10.3 Å². The highest BCUT2D eigenvalue weighted by Gasteiger charge is 2.52. The van der Waals surface area contributed by atoms with Crippen LogP contribution in [0.2, 0.25) is 0 Å². The van der Waals surface area contributed by atoms with Gasteiger partial charge in [0, 0.05) is 12.0 Å². The molecular weight excluding hydrogens is 380 g/mol. The van der Waals surface area contributed by atoms with E-state index < -0.39 is 5.54 Å². The predicted molar refractivity (Wildman–Crippen MR) is 121 cm³/mol. The number of benzene rings is 1. The lowest BCUT2D eigenvalue weighted by atomic mass is 9.80. The summed E-state index contributed by atoms with van der Waals surface area (Å²) < 4.78 is 0.670. The molecular formula is C25H45ClN2O. The molecule has 1 atom stereocenters. The van der Waals surface area contributed by atoms with Crippen molar-refractivity contribution in [2.75, 3.05) is 20.1 Å². The fourth-order valence-electron chi connectivity index (χ4n) is 4.60. The van der Waals surface area contributed by atoms with Crippen LogP contribution >= 0.6 is 0 Å². The molecule has 3 nitrogen and oxygen atoms in total. The number of nitrogens with zero attached hydrogens (tertiary/aromatic N) is 1. The highest BCUT2D eigenvalue weighted by molar-refractivity contribution is 5.85. The lowest BCUT2D eigenvalue weighted by molar-refractivity contribution is -0.954. The summed E-state index contributed by atoms with van der Waals surface area (Å²) in [4.78, 5) is 12.9. The van der Waals surface area contributed by atoms with Gasteiger partial charge in [-0.3, -0.25) is 4.79 Å². The summed E-state index contributed by atoms with van der Waals surface area (Å²) in [6, 6.07) is 10.2. The molecule has 0 bridgehead atoms. The highest BCUT2D eigenvalue weighted by Crippen LogP contribution is 2.39. The Kier molecular flexibility index (Phi) is 14.3. The van der Waals surface area contributed by atoms with Gasteiger partial charge in [0.25, 0.3) is 5.91 Å². The number of carbonyl (C=O) groups is 1. The lowest BCUT2D eigenvalue weighted by Gasteiger charge is -2.48. The summed E-state index contributed by atoms with van der Waals surface area (Å²) in [5.41, 5.74) is 6.55. The molecule has 0 spiro atoms. The van der Waals surface area contributed by atoms with E-state index in [9.17, 15) is 4.79 Å². The Morgan fingerprint density at radius 2 is 1.28 bits per heavy atom. The number of hydrogen-bond acceptors (Lipinski definition) is 1. The maximum atomic E-state index is 12.9. The minimum Gasteiger partial charge on any atom is -1.00 e. The Morgan fingerprint density at radius 1 is 0.828 bits per heavy atom. The third kappa shape index (κ3) is 7.61. The topological polar surface area (TPSA) is 43.1 Å². The van der Waals surface area contributed by atoms with Crippen LogP contribution in [0.1, 0.15) is 97.0 Å². The summed E-state index contributed by atoms with van der Waals surface area (Å²) in [5.74, 6) is -0.180. The number of unbranched alkanes of at least 4 members (excludes halogenated alkanes) is 9. The highest BCUT2D eigenvalue weighted by atomic mass is 35.5. The number of hydrogen-bond donors (Lipinski definition) is 1. The molecule has 0 aliphatic heterocycles. The van der Waals surface area contributed by atoms with E-state index in [0.717, 1.165) is 31.5 Å². The standard InChI is InChI=1S/C25H44N2O.ClH/c1-5-8-9-10-11-12-13-14-15-19-22-25(24(26)28,27(4,6-2)7-3)23-20-17-16-18-21-23;/h16-18,20-21H,5-15,19,22H2,1-4H3,(H-,26,28);1H. The van der Waals surface area contributed by atoms with Crippen molar-refractivity contribution in [1.29, 1.82) is 0 Å². The van der Waals surface area contributed by atoms with Gasteiger partial charge in [0.1, 0.15) is 0 Å².